The van der Waals surface area contributed by atoms with Crippen LogP contribution in [0.5, 0.6) is 11.5 Å². The summed E-state index contributed by atoms with van der Waals surface area (Å²) in [6, 6.07) is 18.4. The molecule has 0 saturated heterocycles. The fourth-order valence-electron chi connectivity index (χ4n) is 3.60. The molecular weight excluding hydrogens is 504 g/mol. The summed E-state index contributed by atoms with van der Waals surface area (Å²) in [5.74, 6) is 1.59. The number of hydrogen-bond donors (Lipinski definition) is 1. The maximum Gasteiger partial charge on any atom is 0.251 e. The van der Waals surface area contributed by atoms with Crippen molar-refractivity contribution in [2.75, 3.05) is 21.3 Å². The first-order chi connectivity index (χ1) is 19.4. The Hall–Kier alpha value is -4.26. The fourth-order valence-corrected chi connectivity index (χ4v) is 3.60. The van der Waals surface area contributed by atoms with Crippen molar-refractivity contribution in [1.82, 2.24) is 5.32 Å². The molecule has 0 aliphatic heterocycles. The predicted molar refractivity (Wildman–Crippen MR) is 165 cm³/mol. The van der Waals surface area contributed by atoms with Gasteiger partial charge in [0.2, 0.25) is 0 Å². The topological polar surface area (TPSA) is 94.1 Å². The van der Waals surface area contributed by atoms with Crippen LogP contribution in [0.1, 0.15) is 59.3 Å². The van der Waals surface area contributed by atoms with Crippen molar-refractivity contribution < 1.29 is 23.9 Å². The average molecular weight is 549 g/mol. The molecule has 4 rings (SSSR count). The van der Waals surface area contributed by atoms with Crippen molar-refractivity contribution in [3.05, 3.63) is 82.4 Å². The number of hydrogen-bond acceptors (Lipinski definition) is 6. The van der Waals surface area contributed by atoms with Crippen LogP contribution in [-0.2, 0) is 9.59 Å². The minimum absolute atomic E-state index is 0.0243. The minimum Gasteiger partial charge on any atom is -0.493 e. The molecule has 1 aliphatic carbocycles. The van der Waals surface area contributed by atoms with Gasteiger partial charge in [-0.25, -0.2) is 0 Å². The van der Waals surface area contributed by atoms with Gasteiger partial charge >= 0.3 is 0 Å². The molecule has 1 saturated carbocycles. The molecule has 7 nitrogen and oxygen atoms in total. The van der Waals surface area contributed by atoms with Gasteiger partial charge in [0.05, 0.1) is 14.2 Å². The lowest BCUT2D eigenvalue weighted by molar-refractivity contribution is -0.0987. The van der Waals surface area contributed by atoms with Crippen molar-refractivity contribution in [2.24, 2.45) is 4.99 Å². The molecule has 1 fully saturated rings. The maximum absolute atomic E-state index is 12.3. The number of amides is 1. The Labute approximate surface area is 239 Å². The molecule has 0 atom stereocenters. The molecule has 40 heavy (non-hydrogen) atoms. The number of nitrogens with one attached hydrogen (secondary N) is 1. The number of aryl methyl sites for hydroxylation is 3. The minimum atomic E-state index is 0.0243. The largest absolute Gasteiger partial charge is 0.493 e. The van der Waals surface area contributed by atoms with Crippen LogP contribution in [0, 0.1) is 20.8 Å². The van der Waals surface area contributed by atoms with Gasteiger partial charge in [-0.2, -0.15) is 0 Å². The van der Waals surface area contributed by atoms with Gasteiger partial charge in [0, 0.05) is 24.9 Å². The second kappa shape index (κ2) is 19.8. The molecule has 0 bridgehead atoms. The van der Waals surface area contributed by atoms with Gasteiger partial charge < -0.3 is 24.4 Å². The number of nitrogens with zero attached hydrogens (tertiary/aromatic N) is 1. The Bertz CT molecular complexity index is 1220. The third-order valence-corrected chi connectivity index (χ3v) is 5.81. The van der Waals surface area contributed by atoms with E-state index >= 15 is 0 Å². The Kier molecular flexibility index (Phi) is 17.7. The first-order valence-corrected chi connectivity index (χ1v) is 13.1. The quantitative estimate of drug-likeness (QED) is 0.351. The van der Waals surface area contributed by atoms with Crippen LogP contribution in [0.15, 0.2) is 59.6 Å². The molecule has 3 aromatic carbocycles. The van der Waals surface area contributed by atoms with Crippen molar-refractivity contribution in [3.8, 4) is 22.6 Å². The van der Waals surface area contributed by atoms with E-state index in [0.717, 1.165) is 52.2 Å². The number of carbonyl (C=O) groups is 3. The van der Waals surface area contributed by atoms with E-state index in [1.807, 2.05) is 77.0 Å². The molecule has 0 aromatic heterocycles. The van der Waals surface area contributed by atoms with Gasteiger partial charge in [0.15, 0.2) is 11.5 Å². The summed E-state index contributed by atoms with van der Waals surface area (Å²) < 4.78 is 10.2. The standard InChI is InChI=1S/C20H22N2O.C9H12O2.C2H6.2CH2O/c1-13-4-6-15(10-17(13)12-21-3)19-11-16(7-5-14(19)2)20(23)22-18-8-9-18;1-7-4-5-8(10-2)9(6-7)11-3;3*1-2/h4-7,10-12,18H,8-9H2,1-3H3,(H,22,23);4-6H,1-3H3;1-2H3;2*1H2. The lowest BCUT2D eigenvalue weighted by Gasteiger charge is -2.11. The van der Waals surface area contributed by atoms with E-state index in [-0.39, 0.29) is 5.91 Å². The van der Waals surface area contributed by atoms with Gasteiger partial charge in [-0.1, -0.05) is 38.1 Å². The summed E-state index contributed by atoms with van der Waals surface area (Å²) in [7, 11) is 5.05. The summed E-state index contributed by atoms with van der Waals surface area (Å²) in [4.78, 5) is 32.4. The Morgan fingerprint density at radius 3 is 2.00 bits per heavy atom. The highest BCUT2D eigenvalue weighted by Gasteiger charge is 2.24. The first-order valence-electron chi connectivity index (χ1n) is 13.1. The smallest absolute Gasteiger partial charge is 0.251 e. The molecule has 0 unspecified atom stereocenters. The summed E-state index contributed by atoms with van der Waals surface area (Å²) in [5, 5.41) is 3.05. The Morgan fingerprint density at radius 2 is 1.45 bits per heavy atom. The van der Waals surface area contributed by atoms with Crippen LogP contribution in [0.3, 0.4) is 0 Å². The average Bonchev–Trinajstić information content (AvgIpc) is 3.82. The van der Waals surface area contributed by atoms with Gasteiger partial charge in [0.25, 0.3) is 5.91 Å². The summed E-state index contributed by atoms with van der Waals surface area (Å²) in [5.41, 5.74) is 7.57. The van der Waals surface area contributed by atoms with Gasteiger partial charge in [0.1, 0.15) is 13.6 Å². The maximum atomic E-state index is 12.3. The summed E-state index contributed by atoms with van der Waals surface area (Å²) >= 11 is 0. The highest BCUT2D eigenvalue weighted by molar-refractivity contribution is 5.96. The van der Waals surface area contributed by atoms with Crippen LogP contribution in [0.2, 0.25) is 0 Å². The van der Waals surface area contributed by atoms with E-state index in [1.165, 1.54) is 11.1 Å². The third-order valence-electron chi connectivity index (χ3n) is 5.81. The van der Waals surface area contributed by atoms with Crippen molar-refractivity contribution in [2.45, 2.75) is 53.5 Å². The molecule has 0 spiro atoms. The molecule has 1 N–H and O–H groups in total. The van der Waals surface area contributed by atoms with E-state index in [0.29, 0.717) is 6.04 Å². The second-order valence-corrected chi connectivity index (χ2v) is 8.59. The van der Waals surface area contributed by atoms with Crippen LogP contribution in [-0.4, -0.2) is 53.0 Å². The lowest BCUT2D eigenvalue weighted by Crippen LogP contribution is -2.25. The number of aliphatic imine (C=N–C) groups is 1. The van der Waals surface area contributed by atoms with E-state index in [1.54, 1.807) is 21.3 Å². The highest BCUT2D eigenvalue weighted by Crippen LogP contribution is 2.28. The normalized spacial score (nSPS) is 11.1. The first kappa shape index (κ1) is 35.7. The zero-order valence-electron chi connectivity index (χ0n) is 25.2. The number of carbonyl (C=O) groups excluding carboxylic acids is 3. The van der Waals surface area contributed by atoms with Crippen LogP contribution >= 0.6 is 0 Å². The van der Waals surface area contributed by atoms with Gasteiger partial charge in [-0.3, -0.25) is 9.79 Å². The highest BCUT2D eigenvalue weighted by atomic mass is 16.5. The number of ether oxygens (including phenoxy) is 2. The summed E-state index contributed by atoms with van der Waals surface area (Å²) in [6.45, 7) is 14.2. The third kappa shape index (κ3) is 11.2. The number of benzene rings is 3. The van der Waals surface area contributed by atoms with Crippen molar-refractivity contribution in [1.29, 1.82) is 0 Å². The van der Waals surface area contributed by atoms with E-state index in [4.69, 9.17) is 19.1 Å². The predicted octanol–water partition coefficient (Wildman–Crippen LogP) is 6.58. The summed E-state index contributed by atoms with van der Waals surface area (Å²) in [6.07, 6.45) is 4.07. The molecule has 7 heteroatoms. The molecular formula is C33H44N2O5. The van der Waals surface area contributed by atoms with E-state index in [9.17, 15) is 4.79 Å². The van der Waals surface area contributed by atoms with Crippen LogP contribution in [0.25, 0.3) is 11.1 Å². The van der Waals surface area contributed by atoms with Crippen LogP contribution in [0.4, 0.5) is 0 Å². The van der Waals surface area contributed by atoms with Gasteiger partial charge in [-0.15, -0.1) is 0 Å². The lowest BCUT2D eigenvalue weighted by atomic mass is 9.95. The molecule has 216 valence electrons. The SMILES string of the molecule is C=O.C=O.CC.CN=Cc1cc(-c2cc(C(=O)NC3CC3)ccc2C)ccc1C.COc1ccc(C)cc1OC. The van der Waals surface area contributed by atoms with E-state index < -0.39 is 0 Å². The molecule has 3 aromatic rings. The van der Waals surface area contributed by atoms with Crippen LogP contribution < -0.4 is 14.8 Å². The zero-order valence-corrected chi connectivity index (χ0v) is 25.2. The van der Waals surface area contributed by atoms with Crippen molar-refractivity contribution >= 4 is 25.7 Å². The number of rotatable bonds is 6. The number of methoxy groups -OCH3 is 2. The molecule has 0 heterocycles. The fraction of sp³-hybridized carbons (Fsp3) is 0.333. The molecule has 0 radical (unpaired) electrons. The van der Waals surface area contributed by atoms with E-state index in [2.05, 4.69) is 42.4 Å². The monoisotopic (exact) mass is 548 g/mol. The van der Waals surface area contributed by atoms with Gasteiger partial charge in [-0.05, 0) is 97.3 Å². The second-order valence-electron chi connectivity index (χ2n) is 8.59. The Morgan fingerprint density at radius 1 is 0.850 bits per heavy atom. The van der Waals surface area contributed by atoms with Crippen molar-refractivity contribution in [3.63, 3.8) is 0 Å². The molecule has 1 amide bonds. The molecule has 1 aliphatic rings. The zero-order chi connectivity index (χ0) is 30.7. The Balaban J connectivity index is 0.000000752.